The summed E-state index contributed by atoms with van der Waals surface area (Å²) in [6, 6.07) is 5.47. The van der Waals surface area contributed by atoms with Gasteiger partial charge in [-0.3, -0.25) is 9.79 Å². The number of rotatable bonds is 6. The van der Waals surface area contributed by atoms with E-state index < -0.39 is 12.1 Å². The summed E-state index contributed by atoms with van der Waals surface area (Å²) in [5, 5.41) is 5.17. The summed E-state index contributed by atoms with van der Waals surface area (Å²) in [6.07, 6.45) is -4.80. The van der Waals surface area contributed by atoms with Gasteiger partial charge >= 0.3 is 6.36 Å². The number of alkyl halides is 3. The lowest BCUT2D eigenvalue weighted by Gasteiger charge is -2.14. The molecule has 6 nitrogen and oxygen atoms in total. The zero-order valence-electron chi connectivity index (χ0n) is 13.2. The quantitative estimate of drug-likeness (QED) is 0.264. The van der Waals surface area contributed by atoms with Crippen molar-refractivity contribution in [3.8, 4) is 5.75 Å². The Labute approximate surface area is 155 Å². The fourth-order valence-corrected chi connectivity index (χ4v) is 1.52. The van der Waals surface area contributed by atoms with Crippen LogP contribution in [0, 0.1) is 5.92 Å². The van der Waals surface area contributed by atoms with Gasteiger partial charge in [-0.25, -0.2) is 0 Å². The SMILES string of the molecule is CC(C)C(=O)NCCN=C(N)Nc1ccccc1OC(F)(F)F.I. The highest BCUT2D eigenvalue weighted by Crippen LogP contribution is 2.29. The fourth-order valence-electron chi connectivity index (χ4n) is 1.52. The van der Waals surface area contributed by atoms with Crippen molar-refractivity contribution in [1.82, 2.24) is 5.32 Å². The molecule has 0 saturated heterocycles. The Balaban J connectivity index is 0.00000529. The average molecular weight is 460 g/mol. The van der Waals surface area contributed by atoms with Crippen LogP contribution in [0.4, 0.5) is 18.9 Å². The van der Waals surface area contributed by atoms with Gasteiger partial charge in [-0.2, -0.15) is 0 Å². The number of hydrogen-bond acceptors (Lipinski definition) is 3. The first-order valence-electron chi connectivity index (χ1n) is 6.88. The molecule has 4 N–H and O–H groups in total. The number of nitrogens with zero attached hydrogens (tertiary/aromatic N) is 1. The number of nitrogens with one attached hydrogen (secondary N) is 2. The summed E-state index contributed by atoms with van der Waals surface area (Å²) in [4.78, 5) is 15.2. The Morgan fingerprint density at radius 3 is 2.54 bits per heavy atom. The molecule has 0 heterocycles. The number of halogens is 4. The lowest BCUT2D eigenvalue weighted by molar-refractivity contribution is -0.274. The molecule has 10 heteroatoms. The van der Waals surface area contributed by atoms with Crippen LogP contribution in [0.15, 0.2) is 29.3 Å². The van der Waals surface area contributed by atoms with Gasteiger partial charge < -0.3 is 21.1 Å². The van der Waals surface area contributed by atoms with E-state index in [9.17, 15) is 18.0 Å². The van der Waals surface area contributed by atoms with Gasteiger partial charge in [0.1, 0.15) is 0 Å². The van der Waals surface area contributed by atoms with Crippen LogP contribution in [0.2, 0.25) is 0 Å². The minimum atomic E-state index is -4.80. The fraction of sp³-hybridized carbons (Fsp3) is 0.429. The number of ether oxygens (including phenoxy) is 1. The third kappa shape index (κ3) is 8.79. The highest BCUT2D eigenvalue weighted by molar-refractivity contribution is 14.0. The highest BCUT2D eigenvalue weighted by Gasteiger charge is 2.32. The molecule has 1 aromatic carbocycles. The van der Waals surface area contributed by atoms with Gasteiger partial charge in [-0.05, 0) is 12.1 Å². The first kappa shape index (κ1) is 22.3. The Hall–Kier alpha value is -1.72. The number of carbonyl (C=O) groups excluding carboxylic acids is 1. The number of hydrogen-bond donors (Lipinski definition) is 3. The van der Waals surface area contributed by atoms with Crippen molar-refractivity contribution in [3.05, 3.63) is 24.3 Å². The van der Waals surface area contributed by atoms with Gasteiger partial charge in [-0.15, -0.1) is 37.1 Å². The molecule has 136 valence electrons. The average Bonchev–Trinajstić information content (AvgIpc) is 2.43. The summed E-state index contributed by atoms with van der Waals surface area (Å²) in [5.41, 5.74) is 5.64. The first-order valence-corrected chi connectivity index (χ1v) is 6.88. The number of nitrogens with two attached hydrogens (primary N) is 1. The van der Waals surface area contributed by atoms with E-state index in [-0.39, 0.29) is 60.5 Å². The van der Waals surface area contributed by atoms with Crippen molar-refractivity contribution >= 4 is 41.5 Å². The van der Waals surface area contributed by atoms with E-state index in [0.29, 0.717) is 0 Å². The minimum Gasteiger partial charge on any atom is -0.404 e. The second kappa shape index (κ2) is 10.2. The third-order valence-electron chi connectivity index (χ3n) is 2.59. The summed E-state index contributed by atoms with van der Waals surface area (Å²) < 4.78 is 40.8. The molecule has 1 amide bonds. The maximum absolute atomic E-state index is 12.3. The lowest BCUT2D eigenvalue weighted by atomic mass is 10.2. The first-order chi connectivity index (χ1) is 10.7. The molecule has 1 aromatic rings. The molecular weight excluding hydrogens is 440 g/mol. The van der Waals surface area contributed by atoms with E-state index in [2.05, 4.69) is 20.4 Å². The van der Waals surface area contributed by atoms with Crippen LogP contribution in [-0.2, 0) is 4.79 Å². The second-order valence-electron chi connectivity index (χ2n) is 4.88. The number of guanidine groups is 1. The number of carbonyl (C=O) groups is 1. The smallest absolute Gasteiger partial charge is 0.404 e. The number of aliphatic imine (C=N–C) groups is 1. The molecule has 0 atom stereocenters. The predicted molar refractivity (Wildman–Crippen MR) is 96.5 cm³/mol. The van der Waals surface area contributed by atoms with Gasteiger partial charge in [0.2, 0.25) is 5.91 Å². The highest BCUT2D eigenvalue weighted by atomic mass is 127. The van der Waals surface area contributed by atoms with E-state index in [1.165, 1.54) is 18.2 Å². The molecule has 0 aliphatic heterocycles. The maximum Gasteiger partial charge on any atom is 0.573 e. The van der Waals surface area contributed by atoms with Gasteiger partial charge in [0.05, 0.1) is 12.2 Å². The van der Waals surface area contributed by atoms with Crippen LogP contribution in [0.5, 0.6) is 5.75 Å². The van der Waals surface area contributed by atoms with Crippen LogP contribution in [0.1, 0.15) is 13.8 Å². The largest absolute Gasteiger partial charge is 0.573 e. The molecule has 0 radical (unpaired) electrons. The van der Waals surface area contributed by atoms with Crippen molar-refractivity contribution in [2.24, 2.45) is 16.6 Å². The Morgan fingerprint density at radius 1 is 1.33 bits per heavy atom. The number of anilines is 1. The molecule has 0 unspecified atom stereocenters. The molecule has 24 heavy (non-hydrogen) atoms. The Kier molecular flexibility index (Phi) is 9.48. The second-order valence-corrected chi connectivity index (χ2v) is 4.88. The molecule has 0 bridgehead atoms. The van der Waals surface area contributed by atoms with Gasteiger partial charge in [-0.1, -0.05) is 26.0 Å². The minimum absolute atomic E-state index is 0. The number of para-hydroxylation sites is 2. The van der Waals surface area contributed by atoms with Crippen LogP contribution < -0.4 is 21.1 Å². The van der Waals surface area contributed by atoms with Crippen molar-refractivity contribution in [3.63, 3.8) is 0 Å². The predicted octanol–water partition coefficient (Wildman–Crippen LogP) is 2.70. The molecule has 0 fully saturated rings. The third-order valence-corrected chi connectivity index (χ3v) is 2.59. The summed E-state index contributed by atoms with van der Waals surface area (Å²) in [5.74, 6) is -0.746. The normalized spacial score (nSPS) is 11.7. The molecular formula is C14H20F3IN4O2. The van der Waals surface area contributed by atoms with Crippen LogP contribution in [0.3, 0.4) is 0 Å². The molecule has 0 aliphatic rings. The van der Waals surface area contributed by atoms with E-state index in [4.69, 9.17) is 5.73 Å². The Morgan fingerprint density at radius 2 is 1.96 bits per heavy atom. The molecule has 1 rings (SSSR count). The van der Waals surface area contributed by atoms with Crippen molar-refractivity contribution < 1.29 is 22.7 Å². The van der Waals surface area contributed by atoms with E-state index in [1.54, 1.807) is 13.8 Å². The maximum atomic E-state index is 12.3. The summed E-state index contributed by atoms with van der Waals surface area (Å²) >= 11 is 0. The summed E-state index contributed by atoms with van der Waals surface area (Å²) in [7, 11) is 0. The monoisotopic (exact) mass is 460 g/mol. The molecule has 0 aromatic heterocycles. The van der Waals surface area contributed by atoms with Gasteiger partial charge in [0, 0.05) is 12.5 Å². The molecule has 0 aliphatic carbocycles. The topological polar surface area (TPSA) is 88.7 Å². The van der Waals surface area contributed by atoms with Crippen molar-refractivity contribution in [1.29, 1.82) is 0 Å². The van der Waals surface area contributed by atoms with Crippen molar-refractivity contribution in [2.75, 3.05) is 18.4 Å². The van der Waals surface area contributed by atoms with Gasteiger partial charge in [0.15, 0.2) is 11.7 Å². The Bertz CT molecular complexity index is 565. The van der Waals surface area contributed by atoms with Crippen LogP contribution >= 0.6 is 24.0 Å². The van der Waals surface area contributed by atoms with E-state index >= 15 is 0 Å². The van der Waals surface area contributed by atoms with Crippen LogP contribution in [-0.4, -0.2) is 31.3 Å². The zero-order chi connectivity index (χ0) is 17.5. The summed E-state index contributed by atoms with van der Waals surface area (Å²) in [6.45, 7) is 3.98. The van der Waals surface area contributed by atoms with Crippen molar-refractivity contribution in [2.45, 2.75) is 20.2 Å². The van der Waals surface area contributed by atoms with Crippen LogP contribution in [0.25, 0.3) is 0 Å². The van der Waals surface area contributed by atoms with E-state index in [0.717, 1.165) is 6.07 Å². The molecule has 0 saturated carbocycles. The number of benzene rings is 1. The molecule has 0 spiro atoms. The standard InChI is InChI=1S/C14H19F3N4O2.HI/c1-9(2)12(22)19-7-8-20-13(18)21-10-5-3-4-6-11(10)23-14(15,16)17;/h3-6,9H,7-8H2,1-2H3,(H,19,22)(H3,18,20,21);1H. The van der Waals surface area contributed by atoms with Gasteiger partial charge in [0.25, 0.3) is 0 Å². The number of amides is 1. The van der Waals surface area contributed by atoms with E-state index in [1.807, 2.05) is 0 Å². The lowest BCUT2D eigenvalue weighted by Crippen LogP contribution is -2.31. The zero-order valence-corrected chi connectivity index (χ0v) is 15.5.